The van der Waals surface area contributed by atoms with Crippen LogP contribution >= 0.6 is 0 Å². The van der Waals surface area contributed by atoms with Gasteiger partial charge in [0.15, 0.2) is 5.65 Å². The molecule has 3 nitrogen and oxygen atoms in total. The highest BCUT2D eigenvalue weighted by Gasteiger charge is 2.21. The van der Waals surface area contributed by atoms with Crippen LogP contribution in [0.4, 0.5) is 0 Å². The zero-order valence-electron chi connectivity index (χ0n) is 8.86. The van der Waals surface area contributed by atoms with Gasteiger partial charge in [0.1, 0.15) is 0 Å². The molecule has 3 heteroatoms. The average Bonchev–Trinajstić information content (AvgIpc) is 2.64. The maximum Gasteiger partial charge on any atom is 0.155 e. The highest BCUT2D eigenvalue weighted by atomic mass is 15.2. The monoisotopic (exact) mass is 189 g/mol. The Hall–Kier alpha value is -1.38. The topological polar surface area (TPSA) is 30.2 Å². The van der Waals surface area contributed by atoms with Crippen molar-refractivity contribution in [1.82, 2.24) is 14.6 Å². The highest BCUT2D eigenvalue weighted by molar-refractivity contribution is 5.38. The Morgan fingerprint density at radius 3 is 2.79 bits per heavy atom. The summed E-state index contributed by atoms with van der Waals surface area (Å²) in [5, 5.41) is 4.29. The first-order valence-electron chi connectivity index (χ1n) is 4.94. The Morgan fingerprint density at radius 2 is 2.07 bits per heavy atom. The fourth-order valence-corrected chi connectivity index (χ4v) is 1.53. The van der Waals surface area contributed by atoms with E-state index in [2.05, 4.69) is 30.9 Å². The molecular formula is C11H15N3. The molecule has 0 aliphatic carbocycles. The van der Waals surface area contributed by atoms with Crippen LogP contribution in [0.1, 0.15) is 32.9 Å². The summed E-state index contributed by atoms with van der Waals surface area (Å²) in [6.07, 6.45) is 4.73. The van der Waals surface area contributed by atoms with Crippen molar-refractivity contribution >= 4 is 5.65 Å². The van der Waals surface area contributed by atoms with Gasteiger partial charge in [0.05, 0.1) is 11.9 Å². The maximum absolute atomic E-state index is 4.29. The fraction of sp³-hybridized carbons (Fsp3) is 0.455. The molecular weight excluding hydrogens is 174 g/mol. The van der Waals surface area contributed by atoms with Crippen LogP contribution in [0.25, 0.3) is 5.65 Å². The van der Waals surface area contributed by atoms with Crippen LogP contribution in [-0.4, -0.2) is 14.6 Å². The Bertz CT molecular complexity index is 442. The van der Waals surface area contributed by atoms with E-state index in [1.807, 2.05) is 22.8 Å². The molecule has 0 aliphatic heterocycles. The van der Waals surface area contributed by atoms with Crippen molar-refractivity contribution < 1.29 is 0 Å². The molecule has 2 aromatic heterocycles. The minimum Gasteiger partial charge on any atom is -0.237 e. The van der Waals surface area contributed by atoms with Crippen molar-refractivity contribution in [3.63, 3.8) is 0 Å². The maximum atomic E-state index is 4.29. The summed E-state index contributed by atoms with van der Waals surface area (Å²) in [5.74, 6) is 0. The Kier molecular flexibility index (Phi) is 2.02. The molecule has 0 aliphatic rings. The molecule has 0 unspecified atom stereocenters. The van der Waals surface area contributed by atoms with E-state index in [0.717, 1.165) is 12.1 Å². The molecule has 0 bridgehead atoms. The van der Waals surface area contributed by atoms with E-state index < -0.39 is 0 Å². The molecule has 0 N–H and O–H groups in total. The number of hydrogen-bond donors (Lipinski definition) is 0. The van der Waals surface area contributed by atoms with Gasteiger partial charge >= 0.3 is 0 Å². The van der Waals surface area contributed by atoms with E-state index >= 15 is 0 Å². The van der Waals surface area contributed by atoms with Crippen LogP contribution in [0, 0.1) is 0 Å². The van der Waals surface area contributed by atoms with Gasteiger partial charge in [-0.15, -0.1) is 0 Å². The second kappa shape index (κ2) is 3.08. The molecule has 14 heavy (non-hydrogen) atoms. The van der Waals surface area contributed by atoms with Crippen molar-refractivity contribution in [2.75, 3.05) is 0 Å². The smallest absolute Gasteiger partial charge is 0.155 e. The molecule has 2 heterocycles. The van der Waals surface area contributed by atoms with E-state index in [1.165, 1.54) is 5.69 Å². The van der Waals surface area contributed by atoms with Gasteiger partial charge in [-0.25, -0.2) is 9.50 Å². The molecule has 74 valence electrons. The summed E-state index contributed by atoms with van der Waals surface area (Å²) in [4.78, 5) is 4.25. The van der Waals surface area contributed by atoms with E-state index in [0.29, 0.717) is 0 Å². The molecule has 0 amide bonds. The summed E-state index contributed by atoms with van der Waals surface area (Å²) in [6.45, 7) is 6.64. The summed E-state index contributed by atoms with van der Waals surface area (Å²) in [7, 11) is 0. The largest absolute Gasteiger partial charge is 0.237 e. The molecule has 0 radical (unpaired) electrons. The lowest BCUT2D eigenvalue weighted by Gasteiger charge is -2.23. The van der Waals surface area contributed by atoms with E-state index in [4.69, 9.17) is 0 Å². The fourth-order valence-electron chi connectivity index (χ4n) is 1.53. The van der Waals surface area contributed by atoms with Crippen molar-refractivity contribution in [1.29, 1.82) is 0 Å². The van der Waals surface area contributed by atoms with Crippen LogP contribution < -0.4 is 0 Å². The van der Waals surface area contributed by atoms with Gasteiger partial charge < -0.3 is 0 Å². The summed E-state index contributed by atoms with van der Waals surface area (Å²) in [6, 6.07) is 3.97. The molecule has 0 saturated carbocycles. The summed E-state index contributed by atoms with van der Waals surface area (Å²) in [5.41, 5.74) is 2.28. The average molecular weight is 189 g/mol. The molecule has 2 aromatic rings. The van der Waals surface area contributed by atoms with E-state index in [9.17, 15) is 0 Å². The lowest BCUT2D eigenvalue weighted by atomic mass is 9.86. The third kappa shape index (κ3) is 1.29. The van der Waals surface area contributed by atoms with Gasteiger partial charge in [0, 0.05) is 17.7 Å². The normalized spacial score (nSPS) is 12.2. The van der Waals surface area contributed by atoms with Crippen LogP contribution in [0.3, 0.4) is 0 Å². The summed E-state index contributed by atoms with van der Waals surface area (Å²) < 4.78 is 1.92. The standard InChI is InChI=1S/C11H15N3/c1-4-11(2,3)9-5-7-12-10-6-8-13-14(9)10/h5-8H,4H2,1-3H3. The number of fused-ring (bicyclic) bond motifs is 1. The first-order valence-corrected chi connectivity index (χ1v) is 4.94. The minimum atomic E-state index is 0.146. The molecule has 0 fully saturated rings. The highest BCUT2D eigenvalue weighted by Crippen LogP contribution is 2.25. The van der Waals surface area contributed by atoms with Crippen LogP contribution in [-0.2, 0) is 5.41 Å². The van der Waals surface area contributed by atoms with Crippen molar-refractivity contribution in [3.8, 4) is 0 Å². The zero-order chi connectivity index (χ0) is 10.2. The van der Waals surface area contributed by atoms with Crippen LogP contribution in [0.2, 0.25) is 0 Å². The quantitative estimate of drug-likeness (QED) is 0.726. The van der Waals surface area contributed by atoms with Gasteiger partial charge in [-0.05, 0) is 12.5 Å². The molecule has 2 rings (SSSR count). The third-order valence-electron chi connectivity index (χ3n) is 2.87. The molecule has 0 aromatic carbocycles. The zero-order valence-corrected chi connectivity index (χ0v) is 8.86. The number of nitrogens with zero attached hydrogens (tertiary/aromatic N) is 3. The third-order valence-corrected chi connectivity index (χ3v) is 2.87. The van der Waals surface area contributed by atoms with Crippen LogP contribution in [0.15, 0.2) is 24.5 Å². The van der Waals surface area contributed by atoms with Crippen LogP contribution in [0.5, 0.6) is 0 Å². The Balaban J connectivity index is 2.67. The molecule has 0 spiro atoms. The Morgan fingerprint density at radius 1 is 1.29 bits per heavy atom. The second-order valence-electron chi connectivity index (χ2n) is 4.17. The minimum absolute atomic E-state index is 0.146. The van der Waals surface area contributed by atoms with Gasteiger partial charge in [-0.3, -0.25) is 0 Å². The van der Waals surface area contributed by atoms with Crippen molar-refractivity contribution in [2.45, 2.75) is 32.6 Å². The second-order valence-corrected chi connectivity index (χ2v) is 4.17. The molecule has 0 saturated heterocycles. The predicted molar refractivity (Wildman–Crippen MR) is 56.3 cm³/mol. The van der Waals surface area contributed by atoms with Gasteiger partial charge in [0.2, 0.25) is 0 Å². The van der Waals surface area contributed by atoms with Crippen molar-refractivity contribution in [3.05, 3.63) is 30.2 Å². The van der Waals surface area contributed by atoms with Crippen molar-refractivity contribution in [2.24, 2.45) is 0 Å². The number of rotatable bonds is 2. The van der Waals surface area contributed by atoms with E-state index in [-0.39, 0.29) is 5.41 Å². The molecule has 0 atom stereocenters. The van der Waals surface area contributed by atoms with Gasteiger partial charge in [0.25, 0.3) is 0 Å². The lowest BCUT2D eigenvalue weighted by molar-refractivity contribution is 0.475. The predicted octanol–water partition coefficient (Wildman–Crippen LogP) is 2.42. The van der Waals surface area contributed by atoms with E-state index in [1.54, 1.807) is 6.20 Å². The van der Waals surface area contributed by atoms with Gasteiger partial charge in [-0.1, -0.05) is 20.8 Å². The SMILES string of the molecule is CCC(C)(C)c1ccnc2ccnn12. The number of hydrogen-bond acceptors (Lipinski definition) is 2. The Labute approximate surface area is 83.8 Å². The first-order chi connectivity index (χ1) is 6.65. The first kappa shape index (κ1) is 9.19. The summed E-state index contributed by atoms with van der Waals surface area (Å²) >= 11 is 0. The lowest BCUT2D eigenvalue weighted by Crippen LogP contribution is -2.20. The van der Waals surface area contributed by atoms with Gasteiger partial charge in [-0.2, -0.15) is 5.10 Å². The number of aromatic nitrogens is 3.